The summed E-state index contributed by atoms with van der Waals surface area (Å²) in [6.45, 7) is 9.68. The average Bonchev–Trinajstić information content (AvgIpc) is 3.26. The second-order valence-electron chi connectivity index (χ2n) is 10.2. The van der Waals surface area contributed by atoms with Crippen LogP contribution in [0.5, 0.6) is 0 Å². The van der Waals surface area contributed by atoms with E-state index in [1.165, 1.54) is 0 Å². The van der Waals surface area contributed by atoms with Crippen molar-refractivity contribution in [2.24, 2.45) is 0 Å². The maximum atomic E-state index is 14.0. The van der Waals surface area contributed by atoms with Crippen LogP contribution in [0.2, 0.25) is 5.02 Å². The molecule has 1 heterocycles. The second-order valence-corrected chi connectivity index (χ2v) is 17.7. The number of aromatic nitrogens is 1. The number of aryl methyl sites for hydroxylation is 4. The molecule has 0 aliphatic heterocycles. The minimum atomic E-state index is -4.24. The normalized spacial score (nSPS) is 12.0. The Bertz CT molecular complexity index is 1950. The Balaban J connectivity index is 1.92. The number of esters is 1. The predicted molar refractivity (Wildman–Crippen MR) is 183 cm³/mol. The molecule has 0 atom stereocenters. The first kappa shape index (κ1) is 31.7. The van der Waals surface area contributed by atoms with E-state index in [-0.39, 0.29) is 17.2 Å². The number of carbonyl (C=O) groups is 1. The summed E-state index contributed by atoms with van der Waals surface area (Å²) in [5.41, 5.74) is 5.34. The van der Waals surface area contributed by atoms with Crippen molar-refractivity contribution in [2.45, 2.75) is 39.5 Å². The molecule has 1 aromatic heterocycles. The van der Waals surface area contributed by atoms with Gasteiger partial charge in [-0.15, -0.1) is 0 Å². The van der Waals surface area contributed by atoms with Crippen molar-refractivity contribution in [3.8, 4) is 5.69 Å². The second kappa shape index (κ2) is 12.7. The summed E-state index contributed by atoms with van der Waals surface area (Å²) in [6, 6.07) is 23.5. The van der Waals surface area contributed by atoms with E-state index in [1.54, 1.807) is 54.0 Å². The van der Waals surface area contributed by atoms with Gasteiger partial charge in [0.25, 0.3) is 0 Å². The maximum absolute atomic E-state index is 14.0. The fourth-order valence-electron chi connectivity index (χ4n) is 5.08. The fourth-order valence-corrected chi connectivity index (χ4v) is 13.9. The number of hydrogen-bond donors (Lipinski definition) is 0. The molecule has 0 unspecified atom stereocenters. The van der Waals surface area contributed by atoms with Gasteiger partial charge < -0.3 is 0 Å². The monoisotopic (exact) mass is 793 g/mol. The Labute approximate surface area is 273 Å². The summed E-state index contributed by atoms with van der Waals surface area (Å²) in [4.78, 5) is 14.0. The van der Waals surface area contributed by atoms with Crippen LogP contribution in [0.15, 0.2) is 88.2 Å². The molecule has 0 amide bonds. The van der Waals surface area contributed by atoms with Crippen LogP contribution in [0.3, 0.4) is 0 Å². The Hall–Kier alpha value is -2.70. The van der Waals surface area contributed by atoms with Gasteiger partial charge >= 0.3 is 275 Å². The van der Waals surface area contributed by atoms with E-state index >= 15 is 0 Å². The van der Waals surface area contributed by atoms with Gasteiger partial charge in [-0.05, 0) is 0 Å². The molecule has 43 heavy (non-hydrogen) atoms. The van der Waals surface area contributed by atoms with Crippen LogP contribution in [-0.2, 0) is 17.4 Å². The quantitative estimate of drug-likeness (QED) is 0.116. The number of fused-ring (bicyclic) bond motifs is 1. The molecule has 224 valence electrons. The fraction of sp³-hybridized carbons (Fsp3) is 0.182. The van der Waals surface area contributed by atoms with Gasteiger partial charge in [0.05, 0.1) is 0 Å². The number of ether oxygens (including phenoxy) is 1. The van der Waals surface area contributed by atoms with Crippen molar-refractivity contribution >= 4 is 74.8 Å². The first-order valence-corrected chi connectivity index (χ1v) is 19.1. The Kier molecular flexibility index (Phi) is 9.39. The first-order valence-electron chi connectivity index (χ1n) is 13.5. The molecular formula is C33H30BrClINO5S. The summed E-state index contributed by atoms with van der Waals surface area (Å²) in [7, 11) is -4.24. The summed E-state index contributed by atoms with van der Waals surface area (Å²) in [5, 5.41) is 1.19. The van der Waals surface area contributed by atoms with Gasteiger partial charge in [0.15, 0.2) is 0 Å². The van der Waals surface area contributed by atoms with Crippen LogP contribution in [0.1, 0.15) is 39.7 Å². The number of halogens is 3. The Morgan fingerprint density at radius 2 is 1.56 bits per heavy atom. The molecule has 10 heteroatoms. The molecule has 5 rings (SSSR count). The molecule has 0 N–H and O–H groups in total. The third-order valence-electron chi connectivity index (χ3n) is 6.78. The van der Waals surface area contributed by atoms with Crippen molar-refractivity contribution in [3.63, 3.8) is 0 Å². The third kappa shape index (κ3) is 6.42. The summed E-state index contributed by atoms with van der Waals surface area (Å²) in [5.74, 6) is -0.578. The number of carbonyl (C=O) groups excluding carboxylic acids is 1. The van der Waals surface area contributed by atoms with E-state index in [0.29, 0.717) is 25.2 Å². The van der Waals surface area contributed by atoms with Gasteiger partial charge in [0, 0.05) is 0 Å². The molecule has 4 aromatic carbocycles. The molecule has 0 saturated carbocycles. The molecule has 0 saturated heterocycles. The van der Waals surface area contributed by atoms with E-state index in [0.717, 1.165) is 30.3 Å². The van der Waals surface area contributed by atoms with Gasteiger partial charge in [-0.3, -0.25) is 0 Å². The van der Waals surface area contributed by atoms with Crippen LogP contribution < -0.4 is 0 Å². The first-order chi connectivity index (χ1) is 20.4. The molecule has 6 nitrogen and oxygen atoms in total. The Morgan fingerprint density at radius 3 is 2.19 bits per heavy atom. The molecule has 5 aromatic rings. The van der Waals surface area contributed by atoms with E-state index in [4.69, 9.17) is 18.9 Å². The summed E-state index contributed by atoms with van der Waals surface area (Å²) >= 11 is 6.53. The van der Waals surface area contributed by atoms with E-state index < -0.39 is 36.3 Å². The van der Waals surface area contributed by atoms with Crippen molar-refractivity contribution in [1.82, 2.24) is 4.57 Å². The van der Waals surface area contributed by atoms with Gasteiger partial charge in [-0.2, -0.15) is 0 Å². The molecule has 0 spiro atoms. The van der Waals surface area contributed by atoms with Crippen molar-refractivity contribution in [3.05, 3.63) is 123 Å². The molecular weight excluding hydrogens is 765 g/mol. The van der Waals surface area contributed by atoms with E-state index in [1.807, 2.05) is 64.1 Å². The minimum absolute atomic E-state index is 0.0558. The summed E-state index contributed by atoms with van der Waals surface area (Å²) < 4.78 is 43.9. The standard InChI is InChI=1S/C33H30BrClINO5S/c1-6-41-33(38)32-31(28-18-24(34)12-15-29(28)37(32)26-9-7-8-25(35)19-26)36(30-22(4)16-21(3)17-23(30)5)42-43(39,40)27-13-10-20(2)11-14-27/h7-19H,6H2,1-5H3. The molecule has 0 aliphatic carbocycles. The predicted octanol–water partition coefficient (Wildman–Crippen LogP) is 9.32. The topological polar surface area (TPSA) is 74.6 Å². The zero-order chi connectivity index (χ0) is 31.1. The molecule has 0 bridgehead atoms. The summed E-state index contributed by atoms with van der Waals surface area (Å²) in [6.07, 6.45) is 0. The SMILES string of the molecule is CCOC(=O)c1c(I(OS(=O)(=O)c2ccc(C)cc2)c2c(C)cc(C)cc2C)c2cc(Br)ccc2n1-c1cccc(Cl)c1. The van der Waals surface area contributed by atoms with Crippen LogP contribution in [0.25, 0.3) is 16.6 Å². The van der Waals surface area contributed by atoms with Crippen molar-refractivity contribution < 1.29 is 20.5 Å². The van der Waals surface area contributed by atoms with Crippen LogP contribution in [0.4, 0.5) is 0 Å². The van der Waals surface area contributed by atoms with Crippen molar-refractivity contribution in [2.75, 3.05) is 6.61 Å². The molecule has 0 aliphatic rings. The van der Waals surface area contributed by atoms with Gasteiger partial charge in [0.1, 0.15) is 0 Å². The van der Waals surface area contributed by atoms with Crippen LogP contribution in [0, 0.1) is 34.8 Å². The third-order valence-corrected chi connectivity index (χ3v) is 15.9. The van der Waals surface area contributed by atoms with Gasteiger partial charge in [0.2, 0.25) is 0 Å². The van der Waals surface area contributed by atoms with Gasteiger partial charge in [-0.25, -0.2) is 0 Å². The number of benzene rings is 4. The van der Waals surface area contributed by atoms with Crippen LogP contribution >= 0.6 is 47.8 Å². The molecule has 0 radical (unpaired) electrons. The number of rotatable bonds is 8. The van der Waals surface area contributed by atoms with E-state index in [2.05, 4.69) is 15.9 Å². The molecule has 0 fully saturated rings. The zero-order valence-corrected chi connectivity index (χ0v) is 29.6. The van der Waals surface area contributed by atoms with E-state index in [9.17, 15) is 13.2 Å². The van der Waals surface area contributed by atoms with Gasteiger partial charge in [-0.1, -0.05) is 0 Å². The Morgan fingerprint density at radius 1 is 0.884 bits per heavy atom. The van der Waals surface area contributed by atoms with Crippen LogP contribution in [-0.4, -0.2) is 25.6 Å². The number of nitrogens with zero attached hydrogens (tertiary/aromatic N) is 1. The average molecular weight is 795 g/mol. The van der Waals surface area contributed by atoms with Crippen molar-refractivity contribution in [1.29, 1.82) is 0 Å². The number of hydrogen-bond acceptors (Lipinski definition) is 5. The zero-order valence-electron chi connectivity index (χ0n) is 24.2.